The highest BCUT2D eigenvalue weighted by Crippen LogP contribution is 1.64. The summed E-state index contributed by atoms with van der Waals surface area (Å²) in [7, 11) is 2.92. The Morgan fingerprint density at radius 3 is 1.31 bits per heavy atom. The Kier molecular flexibility index (Phi) is 7.03. The van der Waals surface area contributed by atoms with Crippen LogP contribution in [0.25, 0.3) is 0 Å². The average molecular weight is 232 g/mol. The molecule has 0 rings (SSSR count). The number of carbonyl (C=O) groups is 3. The minimum absolute atomic E-state index is 0.00845. The lowest BCUT2D eigenvalue weighted by Crippen LogP contribution is -2.48. The molecule has 0 fully saturated rings. The number of carbonyl (C=O) groups excluding carboxylic acids is 3. The van der Waals surface area contributed by atoms with E-state index in [1.54, 1.807) is 0 Å². The van der Waals surface area contributed by atoms with Gasteiger partial charge in [0.15, 0.2) is 0 Å². The van der Waals surface area contributed by atoms with E-state index in [0.29, 0.717) is 0 Å². The third-order valence-corrected chi connectivity index (χ3v) is 1.45. The van der Waals surface area contributed by atoms with Crippen LogP contribution in [0.5, 0.6) is 0 Å². The first kappa shape index (κ1) is 13.8. The second kappa shape index (κ2) is 8.15. The summed E-state index contributed by atoms with van der Waals surface area (Å²) in [5, 5.41) is 14.0. The molecule has 0 saturated heterocycles. The van der Waals surface area contributed by atoms with Gasteiger partial charge >= 0.3 is 18.1 Å². The van der Waals surface area contributed by atoms with Crippen molar-refractivity contribution in [1.82, 2.24) is 31.9 Å². The average Bonchev–Trinajstić information content (AvgIpc) is 2.28. The first-order chi connectivity index (χ1) is 7.60. The number of amides is 6. The monoisotopic (exact) mass is 232 g/mol. The quantitative estimate of drug-likeness (QED) is 0.316. The third-order valence-electron chi connectivity index (χ3n) is 1.45. The maximum absolute atomic E-state index is 11.0. The normalized spacial score (nSPS) is 8.62. The molecule has 92 valence electrons. The molecule has 0 aliphatic heterocycles. The van der Waals surface area contributed by atoms with Crippen molar-refractivity contribution in [3.05, 3.63) is 0 Å². The summed E-state index contributed by atoms with van der Waals surface area (Å²) in [6.07, 6.45) is 0. The molecule has 16 heavy (non-hydrogen) atoms. The SMILES string of the molecule is CNC(=O)NCNC(=O)NCNC(=O)NC. The molecule has 9 heteroatoms. The van der Waals surface area contributed by atoms with E-state index < -0.39 is 18.1 Å². The van der Waals surface area contributed by atoms with Crippen LogP contribution in [0.3, 0.4) is 0 Å². The van der Waals surface area contributed by atoms with Gasteiger partial charge in [-0.15, -0.1) is 0 Å². The van der Waals surface area contributed by atoms with Gasteiger partial charge in [-0.25, -0.2) is 14.4 Å². The molecular weight excluding hydrogens is 216 g/mol. The summed E-state index contributed by atoms with van der Waals surface area (Å²) >= 11 is 0. The predicted molar refractivity (Wildman–Crippen MR) is 56.6 cm³/mol. The zero-order valence-electron chi connectivity index (χ0n) is 9.14. The number of nitrogens with one attached hydrogen (secondary N) is 6. The fraction of sp³-hybridized carbons (Fsp3) is 0.571. The Morgan fingerprint density at radius 2 is 1.00 bits per heavy atom. The van der Waals surface area contributed by atoms with E-state index in [1.165, 1.54) is 14.1 Å². The largest absolute Gasteiger partial charge is 0.341 e. The molecule has 0 saturated carbocycles. The number of hydrogen-bond donors (Lipinski definition) is 6. The van der Waals surface area contributed by atoms with Crippen LogP contribution in [0.4, 0.5) is 14.4 Å². The molecule has 6 amide bonds. The van der Waals surface area contributed by atoms with Gasteiger partial charge < -0.3 is 31.9 Å². The Hall–Kier alpha value is -2.19. The van der Waals surface area contributed by atoms with Gasteiger partial charge in [-0.1, -0.05) is 0 Å². The summed E-state index contributed by atoms with van der Waals surface area (Å²) in [6.45, 7) is -0.0169. The van der Waals surface area contributed by atoms with Gasteiger partial charge in [0.1, 0.15) is 0 Å². The lowest BCUT2D eigenvalue weighted by molar-refractivity contribution is 0.233. The van der Waals surface area contributed by atoms with E-state index in [1.807, 2.05) is 0 Å². The smallest absolute Gasteiger partial charge is 0.317 e. The first-order valence-electron chi connectivity index (χ1n) is 4.53. The van der Waals surface area contributed by atoms with Crippen LogP contribution >= 0.6 is 0 Å². The van der Waals surface area contributed by atoms with Crippen molar-refractivity contribution < 1.29 is 14.4 Å². The number of rotatable bonds is 4. The fourth-order valence-corrected chi connectivity index (χ4v) is 0.649. The Bertz CT molecular complexity index is 233. The molecule has 0 unspecified atom stereocenters. The Morgan fingerprint density at radius 1 is 0.688 bits per heavy atom. The van der Waals surface area contributed by atoms with Crippen molar-refractivity contribution >= 4 is 18.1 Å². The lowest BCUT2D eigenvalue weighted by atomic mass is 10.8. The maximum atomic E-state index is 11.0. The third kappa shape index (κ3) is 7.24. The van der Waals surface area contributed by atoms with E-state index in [2.05, 4.69) is 31.9 Å². The molecule has 0 aromatic heterocycles. The highest BCUT2D eigenvalue weighted by molar-refractivity contribution is 5.77. The van der Waals surface area contributed by atoms with Crippen LogP contribution in [0.1, 0.15) is 0 Å². The van der Waals surface area contributed by atoms with Crippen molar-refractivity contribution in [2.45, 2.75) is 0 Å². The van der Waals surface area contributed by atoms with E-state index >= 15 is 0 Å². The standard InChI is InChI=1S/C7H16N6O3/c1-8-5(14)10-3-12-7(16)13-4-11-6(15)9-2/h3-4H2,1-2H3,(H2,8,10,14)(H2,9,11,15)(H2,12,13,16). The highest BCUT2D eigenvalue weighted by Gasteiger charge is 2.00. The van der Waals surface area contributed by atoms with Crippen LogP contribution < -0.4 is 31.9 Å². The van der Waals surface area contributed by atoms with Gasteiger partial charge in [0.05, 0.1) is 13.3 Å². The first-order valence-corrected chi connectivity index (χ1v) is 4.53. The van der Waals surface area contributed by atoms with Gasteiger partial charge in [0.25, 0.3) is 0 Å². The summed E-state index contributed by atoms with van der Waals surface area (Å²) < 4.78 is 0. The zero-order valence-corrected chi connectivity index (χ0v) is 9.14. The molecule has 0 spiro atoms. The van der Waals surface area contributed by atoms with Gasteiger partial charge in [0, 0.05) is 14.1 Å². The van der Waals surface area contributed by atoms with Crippen molar-refractivity contribution in [1.29, 1.82) is 0 Å². The lowest BCUT2D eigenvalue weighted by Gasteiger charge is -2.09. The van der Waals surface area contributed by atoms with E-state index in [-0.39, 0.29) is 13.3 Å². The van der Waals surface area contributed by atoms with Crippen molar-refractivity contribution in [2.75, 3.05) is 27.4 Å². The molecule has 0 aromatic carbocycles. The van der Waals surface area contributed by atoms with Crippen LogP contribution in [0.2, 0.25) is 0 Å². The van der Waals surface area contributed by atoms with Crippen LogP contribution in [0.15, 0.2) is 0 Å². The van der Waals surface area contributed by atoms with Gasteiger partial charge in [-0.2, -0.15) is 0 Å². The molecule has 6 N–H and O–H groups in total. The summed E-state index contributed by atoms with van der Waals surface area (Å²) in [5.74, 6) is 0. The van der Waals surface area contributed by atoms with Gasteiger partial charge in [0.2, 0.25) is 0 Å². The van der Waals surface area contributed by atoms with E-state index in [9.17, 15) is 14.4 Å². The fourth-order valence-electron chi connectivity index (χ4n) is 0.649. The van der Waals surface area contributed by atoms with E-state index in [0.717, 1.165) is 0 Å². The molecule has 0 aromatic rings. The van der Waals surface area contributed by atoms with Crippen LogP contribution in [0, 0.1) is 0 Å². The molecule has 0 aliphatic rings. The van der Waals surface area contributed by atoms with Crippen LogP contribution in [-0.4, -0.2) is 45.5 Å². The molecule has 0 bridgehead atoms. The molecule has 9 nitrogen and oxygen atoms in total. The summed E-state index contributed by atoms with van der Waals surface area (Å²) in [6, 6.07) is -1.31. The van der Waals surface area contributed by atoms with Crippen molar-refractivity contribution in [3.8, 4) is 0 Å². The number of hydrogen-bond acceptors (Lipinski definition) is 3. The second-order valence-corrected chi connectivity index (χ2v) is 2.55. The summed E-state index contributed by atoms with van der Waals surface area (Å²) in [5.41, 5.74) is 0. The van der Waals surface area contributed by atoms with Crippen molar-refractivity contribution in [2.24, 2.45) is 0 Å². The van der Waals surface area contributed by atoms with E-state index in [4.69, 9.17) is 0 Å². The molecule has 0 heterocycles. The Balaban J connectivity index is 3.45. The minimum Gasteiger partial charge on any atom is -0.341 e. The van der Waals surface area contributed by atoms with Crippen LogP contribution in [-0.2, 0) is 0 Å². The van der Waals surface area contributed by atoms with Gasteiger partial charge in [-0.05, 0) is 0 Å². The molecule has 0 atom stereocenters. The maximum Gasteiger partial charge on any atom is 0.317 e. The molecule has 0 radical (unpaired) electrons. The minimum atomic E-state index is -0.507. The summed E-state index contributed by atoms with van der Waals surface area (Å²) in [4.78, 5) is 32.4. The highest BCUT2D eigenvalue weighted by atomic mass is 16.2. The zero-order chi connectivity index (χ0) is 12.4. The predicted octanol–water partition coefficient (Wildman–Crippen LogP) is -1.94. The van der Waals surface area contributed by atoms with Crippen molar-refractivity contribution in [3.63, 3.8) is 0 Å². The Labute approximate surface area is 92.7 Å². The van der Waals surface area contributed by atoms with Gasteiger partial charge in [-0.3, -0.25) is 0 Å². The second-order valence-electron chi connectivity index (χ2n) is 2.55. The number of urea groups is 3. The topological polar surface area (TPSA) is 123 Å². The molecule has 0 aliphatic carbocycles. The molecular formula is C7H16N6O3.